The minimum absolute atomic E-state index is 0.0513. The van der Waals surface area contributed by atoms with Crippen LogP contribution in [0.15, 0.2) is 17.5 Å². The number of hydrogen-bond acceptors (Lipinski definition) is 6. The molecule has 1 aliphatic heterocycles. The number of nitrogens with two attached hydrogens (primary N) is 1. The van der Waals surface area contributed by atoms with Gasteiger partial charge < -0.3 is 20.9 Å². The van der Waals surface area contributed by atoms with Gasteiger partial charge >= 0.3 is 0 Å². The second-order valence-electron chi connectivity index (χ2n) is 4.60. The number of oxime groups is 1. The zero-order chi connectivity index (χ0) is 13.7. The van der Waals surface area contributed by atoms with Crippen molar-refractivity contribution < 1.29 is 10.3 Å². The highest BCUT2D eigenvalue weighted by Gasteiger charge is 2.23. The van der Waals surface area contributed by atoms with Gasteiger partial charge in [-0.25, -0.2) is 9.97 Å². The average molecular weight is 265 g/mol. The molecule has 104 valence electrons. The number of aliphatic hydroxyl groups excluding tert-OH is 1. The van der Waals surface area contributed by atoms with Gasteiger partial charge in [0, 0.05) is 19.2 Å². The number of anilines is 1. The molecule has 0 amide bonds. The maximum Gasteiger partial charge on any atom is 0.190 e. The molecule has 4 N–H and O–H groups in total. The van der Waals surface area contributed by atoms with Crippen molar-refractivity contribution in [3.8, 4) is 0 Å². The normalized spacial score (nSPS) is 20.6. The quantitative estimate of drug-likeness (QED) is 0.313. The Morgan fingerprint density at radius 2 is 2.26 bits per heavy atom. The molecule has 0 spiro atoms. The van der Waals surface area contributed by atoms with Gasteiger partial charge in [0.25, 0.3) is 0 Å². The van der Waals surface area contributed by atoms with Gasteiger partial charge in [0.2, 0.25) is 0 Å². The highest BCUT2D eigenvalue weighted by atomic mass is 16.4. The Balaban J connectivity index is 2.15. The van der Waals surface area contributed by atoms with Crippen molar-refractivity contribution in [2.45, 2.75) is 31.7 Å². The van der Waals surface area contributed by atoms with Gasteiger partial charge in [-0.2, -0.15) is 0 Å². The first kappa shape index (κ1) is 13.5. The molecule has 1 fully saturated rings. The Kier molecular flexibility index (Phi) is 4.51. The summed E-state index contributed by atoms with van der Waals surface area (Å²) in [6, 6.07) is 0.308. The third-order valence-corrected chi connectivity index (χ3v) is 3.39. The summed E-state index contributed by atoms with van der Waals surface area (Å²) in [4.78, 5) is 10.6. The van der Waals surface area contributed by atoms with Crippen molar-refractivity contribution in [1.82, 2.24) is 9.97 Å². The smallest absolute Gasteiger partial charge is 0.190 e. The average Bonchev–Trinajstić information content (AvgIpc) is 2.47. The summed E-state index contributed by atoms with van der Waals surface area (Å²) in [7, 11) is 0. The molecule has 19 heavy (non-hydrogen) atoms. The molecule has 1 aromatic heterocycles. The highest BCUT2D eigenvalue weighted by Crippen LogP contribution is 2.24. The van der Waals surface area contributed by atoms with Crippen LogP contribution in [0.4, 0.5) is 5.82 Å². The summed E-state index contributed by atoms with van der Waals surface area (Å²) in [5.41, 5.74) is 5.80. The van der Waals surface area contributed by atoms with Crippen molar-refractivity contribution in [1.29, 1.82) is 0 Å². The fraction of sp³-hybridized carbons (Fsp3) is 0.583. The van der Waals surface area contributed by atoms with Crippen LogP contribution in [-0.2, 0) is 0 Å². The summed E-state index contributed by atoms with van der Waals surface area (Å²) >= 11 is 0. The van der Waals surface area contributed by atoms with Gasteiger partial charge in [0.05, 0.1) is 12.4 Å². The predicted octanol–water partition coefficient (Wildman–Crippen LogP) is 0.312. The van der Waals surface area contributed by atoms with E-state index in [1.165, 1.54) is 12.6 Å². The Hall–Kier alpha value is -1.89. The first-order chi connectivity index (χ1) is 9.26. The Bertz CT molecular complexity index is 432. The van der Waals surface area contributed by atoms with Crippen LogP contribution in [0.3, 0.4) is 0 Å². The van der Waals surface area contributed by atoms with Crippen LogP contribution in [-0.4, -0.2) is 45.3 Å². The summed E-state index contributed by atoms with van der Waals surface area (Å²) in [6.07, 6.45) is 7.22. The molecule has 7 nitrogen and oxygen atoms in total. The second-order valence-corrected chi connectivity index (χ2v) is 4.60. The largest absolute Gasteiger partial charge is 0.409 e. The summed E-state index contributed by atoms with van der Waals surface area (Å²) in [5, 5.41) is 20.6. The van der Waals surface area contributed by atoms with E-state index in [1.807, 2.05) is 0 Å². The van der Waals surface area contributed by atoms with Gasteiger partial charge in [-0.05, 0) is 25.7 Å². The molecule has 2 heterocycles. The molecule has 1 unspecified atom stereocenters. The molecule has 1 atom stereocenters. The minimum atomic E-state index is -0.0513. The van der Waals surface area contributed by atoms with Crippen LogP contribution in [0.1, 0.15) is 31.4 Å². The Morgan fingerprint density at radius 1 is 1.42 bits per heavy atom. The van der Waals surface area contributed by atoms with Gasteiger partial charge in [-0.3, -0.25) is 0 Å². The van der Waals surface area contributed by atoms with Crippen LogP contribution >= 0.6 is 0 Å². The number of rotatable bonds is 4. The lowest BCUT2D eigenvalue weighted by Gasteiger charge is -2.36. The standard InChI is InChI=1S/C12H19N5O2/c13-12(16-19)10-7-15-11(8-14-10)17-5-2-1-3-9(17)4-6-18/h7-9,18-19H,1-6H2,(H2,13,16). The maximum absolute atomic E-state index is 9.11. The SMILES string of the molecule is NC(=NO)c1cnc(N2CCCCC2CCO)cn1. The lowest BCUT2D eigenvalue weighted by Crippen LogP contribution is -2.40. The van der Waals surface area contributed by atoms with Gasteiger partial charge in [0.1, 0.15) is 11.5 Å². The number of aliphatic hydroxyl groups is 1. The lowest BCUT2D eigenvalue weighted by atomic mass is 10.00. The third kappa shape index (κ3) is 3.11. The van der Waals surface area contributed by atoms with Crippen molar-refractivity contribution >= 4 is 11.7 Å². The van der Waals surface area contributed by atoms with E-state index in [0.29, 0.717) is 11.7 Å². The summed E-state index contributed by atoms with van der Waals surface area (Å²) in [5.74, 6) is 0.720. The topological polar surface area (TPSA) is 108 Å². The number of piperidine rings is 1. The second kappa shape index (κ2) is 6.33. The third-order valence-electron chi connectivity index (χ3n) is 3.39. The molecular weight excluding hydrogens is 246 g/mol. The van der Waals surface area contributed by atoms with Crippen molar-refractivity contribution in [3.05, 3.63) is 18.1 Å². The molecule has 1 aliphatic rings. The summed E-state index contributed by atoms with van der Waals surface area (Å²) in [6.45, 7) is 1.10. The van der Waals surface area contributed by atoms with Crippen molar-refractivity contribution in [2.24, 2.45) is 10.9 Å². The lowest BCUT2D eigenvalue weighted by molar-refractivity contribution is 0.262. The van der Waals surface area contributed by atoms with Crippen molar-refractivity contribution in [2.75, 3.05) is 18.1 Å². The summed E-state index contributed by atoms with van der Waals surface area (Å²) < 4.78 is 0. The molecule has 0 aliphatic carbocycles. The number of nitrogens with zero attached hydrogens (tertiary/aromatic N) is 4. The Morgan fingerprint density at radius 3 is 2.89 bits per heavy atom. The molecule has 0 radical (unpaired) electrons. The van der Waals surface area contributed by atoms with E-state index in [2.05, 4.69) is 20.0 Å². The van der Waals surface area contributed by atoms with Crippen LogP contribution in [0.2, 0.25) is 0 Å². The maximum atomic E-state index is 9.11. The molecule has 0 saturated carbocycles. The zero-order valence-electron chi connectivity index (χ0n) is 10.7. The van der Waals surface area contributed by atoms with E-state index in [4.69, 9.17) is 16.0 Å². The first-order valence-electron chi connectivity index (χ1n) is 6.43. The van der Waals surface area contributed by atoms with Crippen LogP contribution in [0.5, 0.6) is 0 Å². The number of amidine groups is 1. The van der Waals surface area contributed by atoms with E-state index in [0.717, 1.165) is 31.6 Å². The van der Waals surface area contributed by atoms with E-state index in [1.54, 1.807) is 6.20 Å². The van der Waals surface area contributed by atoms with E-state index >= 15 is 0 Å². The number of aromatic nitrogens is 2. The molecule has 1 saturated heterocycles. The van der Waals surface area contributed by atoms with Gasteiger partial charge in [-0.1, -0.05) is 5.16 Å². The molecule has 2 rings (SSSR count). The molecular formula is C12H19N5O2. The van der Waals surface area contributed by atoms with E-state index < -0.39 is 0 Å². The fourth-order valence-electron chi connectivity index (χ4n) is 2.40. The minimum Gasteiger partial charge on any atom is -0.409 e. The van der Waals surface area contributed by atoms with Crippen molar-refractivity contribution in [3.63, 3.8) is 0 Å². The fourth-order valence-corrected chi connectivity index (χ4v) is 2.40. The molecule has 0 aromatic carbocycles. The van der Waals surface area contributed by atoms with Crippen LogP contribution in [0, 0.1) is 0 Å². The van der Waals surface area contributed by atoms with Gasteiger partial charge in [-0.15, -0.1) is 0 Å². The van der Waals surface area contributed by atoms with E-state index in [-0.39, 0.29) is 12.4 Å². The zero-order valence-corrected chi connectivity index (χ0v) is 10.7. The van der Waals surface area contributed by atoms with Crippen LogP contribution < -0.4 is 10.6 Å². The molecule has 7 heteroatoms. The first-order valence-corrected chi connectivity index (χ1v) is 6.43. The monoisotopic (exact) mass is 265 g/mol. The highest BCUT2D eigenvalue weighted by molar-refractivity contribution is 5.94. The predicted molar refractivity (Wildman–Crippen MR) is 71.2 cm³/mol. The number of hydrogen-bond donors (Lipinski definition) is 3. The van der Waals surface area contributed by atoms with Crippen LogP contribution in [0.25, 0.3) is 0 Å². The molecule has 0 bridgehead atoms. The van der Waals surface area contributed by atoms with Gasteiger partial charge in [0.15, 0.2) is 5.84 Å². The van der Waals surface area contributed by atoms with E-state index in [9.17, 15) is 0 Å². The Labute approximate surface area is 111 Å². The molecule has 1 aromatic rings.